The van der Waals surface area contributed by atoms with Crippen LogP contribution in [0.15, 0.2) is 84.9 Å². The molecule has 59 heavy (non-hydrogen) atoms. The third-order valence-corrected chi connectivity index (χ3v) is 9.15. The largest absolute Gasteiger partial charge is 0.463 e. The van der Waals surface area contributed by atoms with Crippen molar-refractivity contribution in [2.45, 2.75) is 95.4 Å². The molecule has 0 amide bonds. The van der Waals surface area contributed by atoms with Gasteiger partial charge in [-0.2, -0.15) is 0 Å². The smallest absolute Gasteiger partial charge is 0.338 e. The summed E-state index contributed by atoms with van der Waals surface area (Å²) in [6.45, 7) is 3.69. The number of carbonyl (C=O) groups is 5. The maximum atomic E-state index is 13.9. The number of nitro groups is 1. The Hall–Kier alpha value is -5.99. The third kappa shape index (κ3) is 10.7. The molecule has 0 N–H and O–H groups in total. The van der Waals surface area contributed by atoms with Crippen LogP contribution in [-0.2, 0) is 66.5 Å². The fourth-order valence-corrected chi connectivity index (χ4v) is 6.70. The lowest BCUT2D eigenvalue weighted by molar-refractivity contribution is -0.385. The van der Waals surface area contributed by atoms with Crippen molar-refractivity contribution >= 4 is 35.5 Å². The van der Waals surface area contributed by atoms with Gasteiger partial charge in [0.15, 0.2) is 37.0 Å². The molecule has 0 spiro atoms. The van der Waals surface area contributed by atoms with Crippen LogP contribution in [0.25, 0.3) is 0 Å². The average molecular weight is 824 g/mol. The van der Waals surface area contributed by atoms with Gasteiger partial charge in [-0.15, -0.1) is 0 Å². The van der Waals surface area contributed by atoms with Crippen LogP contribution in [-0.4, -0.2) is 109 Å². The van der Waals surface area contributed by atoms with Gasteiger partial charge >= 0.3 is 29.8 Å². The number of hydrogen-bond acceptors (Lipinski definition) is 18. The first kappa shape index (κ1) is 42.6. The number of rotatable bonds is 13. The lowest BCUT2D eigenvalue weighted by Gasteiger charge is -2.50. The van der Waals surface area contributed by atoms with Crippen LogP contribution in [0.2, 0.25) is 0 Å². The van der Waals surface area contributed by atoms with E-state index in [9.17, 15) is 34.1 Å². The van der Waals surface area contributed by atoms with Gasteiger partial charge in [-0.05, 0) is 24.3 Å². The van der Waals surface area contributed by atoms with Gasteiger partial charge in [0.2, 0.25) is 6.29 Å². The van der Waals surface area contributed by atoms with E-state index in [1.54, 1.807) is 48.5 Å². The monoisotopic (exact) mass is 823 g/mol. The zero-order chi connectivity index (χ0) is 42.2. The number of benzene rings is 3. The third-order valence-electron chi connectivity index (χ3n) is 9.15. The van der Waals surface area contributed by atoms with Gasteiger partial charge in [0.1, 0.15) is 36.8 Å². The molecule has 3 fully saturated rings. The Morgan fingerprint density at radius 2 is 1.25 bits per heavy atom. The minimum absolute atomic E-state index is 0.0747. The van der Waals surface area contributed by atoms with Crippen LogP contribution in [0.1, 0.15) is 49.9 Å². The Labute approximate surface area is 336 Å². The van der Waals surface area contributed by atoms with Crippen molar-refractivity contribution in [3.05, 3.63) is 106 Å². The van der Waals surface area contributed by atoms with E-state index in [2.05, 4.69) is 0 Å². The van der Waals surface area contributed by atoms with Crippen LogP contribution in [0.4, 0.5) is 5.69 Å². The van der Waals surface area contributed by atoms with Crippen molar-refractivity contribution in [3.63, 3.8) is 0 Å². The molecule has 19 nitrogen and oxygen atoms in total. The first-order chi connectivity index (χ1) is 28.3. The minimum atomic E-state index is -1.75. The fraction of sp³-hybridized carbons (Fsp3) is 0.425. The molecule has 3 heterocycles. The number of nitro benzene ring substituents is 1. The number of hydrogen-bond donors (Lipinski definition) is 0. The average Bonchev–Trinajstić information content (AvgIpc) is 3.20. The second-order valence-corrected chi connectivity index (χ2v) is 13.5. The molecular weight excluding hydrogens is 782 g/mol. The number of ether oxygens (including phenoxy) is 11. The lowest BCUT2D eigenvalue weighted by Crippen LogP contribution is -2.68. The number of nitrogens with zero attached hydrogens (tertiary/aromatic N) is 1. The lowest BCUT2D eigenvalue weighted by atomic mass is 9.95. The Bertz CT molecular complexity index is 1960. The molecule has 3 aromatic rings. The standard InChI is InChI=1S/C40H41NO18/c1-21(42)49-19-29-31(51-22(2)43)33(52-23(3)44)35(53-24(4)45)40(56-29)59-34-32-30(20-50-38(58-32)26-13-9-6-10-14-26)55-39(54-28-17-15-27(16-18-28)41(47)48)36(34)57-37(46)25-11-7-5-8-12-25/h5-18,29-36,38-40H,19-20H2,1-4H3/t29-,30-,31-,32-,33+,34+,35+,36+,38?,39+,40-/m1/s1. The van der Waals surface area contributed by atoms with Crippen molar-refractivity contribution in [3.8, 4) is 5.75 Å². The summed E-state index contributed by atoms with van der Waals surface area (Å²) >= 11 is 0. The predicted molar refractivity (Wildman–Crippen MR) is 195 cm³/mol. The molecule has 3 saturated heterocycles. The molecule has 11 atom stereocenters. The maximum absolute atomic E-state index is 13.9. The number of non-ortho nitro benzene ring substituents is 1. The molecule has 6 rings (SSSR count). The molecule has 0 radical (unpaired) electrons. The van der Waals surface area contributed by atoms with Crippen molar-refractivity contribution in [2.24, 2.45) is 0 Å². The van der Waals surface area contributed by atoms with Gasteiger partial charge < -0.3 is 52.1 Å². The van der Waals surface area contributed by atoms with Gasteiger partial charge in [-0.25, -0.2) is 4.79 Å². The Balaban J connectivity index is 1.45. The molecule has 19 heteroatoms. The quantitative estimate of drug-likeness (QED) is 0.104. The fourth-order valence-electron chi connectivity index (χ4n) is 6.70. The van der Waals surface area contributed by atoms with E-state index >= 15 is 0 Å². The Morgan fingerprint density at radius 3 is 1.86 bits per heavy atom. The van der Waals surface area contributed by atoms with Crippen molar-refractivity contribution in [2.75, 3.05) is 13.2 Å². The van der Waals surface area contributed by atoms with Gasteiger partial charge in [-0.3, -0.25) is 29.3 Å². The SMILES string of the molecule is CC(=O)OC[C@H]1O[C@H](O[C@@H]2[C@H](OC(=O)c3ccccc3)[C@@H](Oc3ccc([N+](=O)[O-])cc3)O[C@@H]3COC(c4ccccc4)O[C@@H]23)[C@@H](OC(C)=O)[C@@H](OC(C)=O)[C@@H]1OC(C)=O. The molecule has 0 aliphatic carbocycles. The maximum Gasteiger partial charge on any atom is 0.338 e. The van der Waals surface area contributed by atoms with Gasteiger partial charge in [0.25, 0.3) is 5.69 Å². The van der Waals surface area contributed by atoms with E-state index in [4.69, 9.17) is 52.1 Å². The first-order valence-electron chi connectivity index (χ1n) is 18.4. The zero-order valence-electron chi connectivity index (χ0n) is 32.1. The highest BCUT2D eigenvalue weighted by atomic mass is 16.8. The van der Waals surface area contributed by atoms with E-state index in [-0.39, 0.29) is 23.6 Å². The van der Waals surface area contributed by atoms with Crippen LogP contribution in [0.5, 0.6) is 5.75 Å². The van der Waals surface area contributed by atoms with Crippen LogP contribution >= 0.6 is 0 Å². The molecule has 1 unspecified atom stereocenters. The second kappa shape index (κ2) is 19.2. The summed E-state index contributed by atoms with van der Waals surface area (Å²) in [5.41, 5.74) is 0.517. The molecular formula is C40H41NO18. The van der Waals surface area contributed by atoms with Crippen molar-refractivity contribution in [1.82, 2.24) is 0 Å². The van der Waals surface area contributed by atoms with E-state index in [1.165, 1.54) is 36.4 Å². The Kier molecular flexibility index (Phi) is 13.8. The summed E-state index contributed by atoms with van der Waals surface area (Å²) in [5, 5.41) is 11.4. The summed E-state index contributed by atoms with van der Waals surface area (Å²) in [4.78, 5) is 74.2. The van der Waals surface area contributed by atoms with Crippen LogP contribution in [0.3, 0.4) is 0 Å². The molecule has 3 aliphatic heterocycles. The van der Waals surface area contributed by atoms with Gasteiger partial charge in [-0.1, -0.05) is 48.5 Å². The van der Waals surface area contributed by atoms with E-state index < -0.39 is 109 Å². The highest BCUT2D eigenvalue weighted by Crippen LogP contribution is 2.40. The van der Waals surface area contributed by atoms with Crippen molar-refractivity contribution < 1.29 is 81.0 Å². The summed E-state index contributed by atoms with van der Waals surface area (Å²) in [7, 11) is 0. The van der Waals surface area contributed by atoms with Crippen LogP contribution < -0.4 is 4.74 Å². The molecule has 0 bridgehead atoms. The van der Waals surface area contributed by atoms with E-state index in [1.807, 2.05) is 0 Å². The number of esters is 5. The number of carbonyl (C=O) groups excluding carboxylic acids is 5. The van der Waals surface area contributed by atoms with Crippen LogP contribution in [0, 0.1) is 10.1 Å². The highest BCUT2D eigenvalue weighted by Gasteiger charge is 2.58. The minimum Gasteiger partial charge on any atom is -0.463 e. The Morgan fingerprint density at radius 1 is 0.661 bits per heavy atom. The molecule has 3 aromatic carbocycles. The topological polar surface area (TPSA) is 230 Å². The molecule has 0 saturated carbocycles. The zero-order valence-corrected chi connectivity index (χ0v) is 32.1. The summed E-state index contributed by atoms with van der Waals surface area (Å²) in [6, 6.07) is 21.9. The van der Waals surface area contributed by atoms with E-state index in [0.717, 1.165) is 27.7 Å². The summed E-state index contributed by atoms with van der Waals surface area (Å²) in [5.74, 6) is -4.09. The normalized spacial score (nSPS) is 28.8. The molecule has 314 valence electrons. The molecule has 0 aromatic heterocycles. The van der Waals surface area contributed by atoms with E-state index in [0.29, 0.717) is 5.56 Å². The summed E-state index contributed by atoms with van der Waals surface area (Å²) in [6.07, 6.45) is -15.6. The summed E-state index contributed by atoms with van der Waals surface area (Å²) < 4.78 is 66.2. The highest BCUT2D eigenvalue weighted by molar-refractivity contribution is 5.89. The number of fused-ring (bicyclic) bond motifs is 1. The van der Waals surface area contributed by atoms with Crippen molar-refractivity contribution in [1.29, 1.82) is 0 Å². The van der Waals surface area contributed by atoms with Gasteiger partial charge in [0, 0.05) is 45.4 Å². The second-order valence-electron chi connectivity index (χ2n) is 13.5. The first-order valence-corrected chi connectivity index (χ1v) is 18.4. The predicted octanol–water partition coefficient (Wildman–Crippen LogP) is 3.51. The van der Waals surface area contributed by atoms with Gasteiger partial charge in [0.05, 0.1) is 17.1 Å². The molecule has 3 aliphatic rings.